The third-order valence-corrected chi connectivity index (χ3v) is 7.56. The van der Waals surface area contributed by atoms with Crippen LogP contribution in [0.25, 0.3) is 0 Å². The minimum Gasteiger partial charge on any atom is -0.486 e. The maximum atomic E-state index is 12.8. The van der Waals surface area contributed by atoms with Crippen LogP contribution in [0.15, 0.2) is 26.9 Å². The van der Waals surface area contributed by atoms with E-state index in [0.29, 0.717) is 19.0 Å². The first kappa shape index (κ1) is 18.9. The van der Waals surface area contributed by atoms with Crippen LogP contribution in [0.4, 0.5) is 0 Å². The van der Waals surface area contributed by atoms with Gasteiger partial charge in [0.25, 0.3) is 0 Å². The summed E-state index contributed by atoms with van der Waals surface area (Å²) in [5.74, 6) is 3.09. The molecule has 3 heterocycles. The topological polar surface area (TPSA) is 64.6 Å². The lowest BCUT2D eigenvalue weighted by Crippen LogP contribution is -2.32. The van der Waals surface area contributed by atoms with E-state index in [1.54, 1.807) is 23.1 Å². The Morgan fingerprint density at radius 3 is 2.81 bits per heavy atom. The zero-order chi connectivity index (χ0) is 18.6. The van der Waals surface area contributed by atoms with Gasteiger partial charge < -0.3 is 14.4 Å². The smallest absolute Gasteiger partial charge is 0.233 e. The van der Waals surface area contributed by atoms with Gasteiger partial charge in [0.1, 0.15) is 13.2 Å². The summed E-state index contributed by atoms with van der Waals surface area (Å²) >= 11 is 4.71. The van der Waals surface area contributed by atoms with Crippen molar-refractivity contribution in [2.75, 3.05) is 31.3 Å². The molecule has 2 aromatic rings. The third-order valence-electron chi connectivity index (χ3n) is 4.50. The van der Waals surface area contributed by atoms with Crippen LogP contribution in [0.5, 0.6) is 11.5 Å². The van der Waals surface area contributed by atoms with Crippen LogP contribution in [0, 0.1) is 0 Å². The largest absolute Gasteiger partial charge is 0.486 e. The molecule has 1 atom stereocenters. The fraction of sp³-hybridized carbons (Fsp3) is 0.500. The number of amides is 1. The van der Waals surface area contributed by atoms with Crippen LogP contribution in [0.2, 0.25) is 0 Å². The number of thioether (sulfide) groups is 2. The van der Waals surface area contributed by atoms with Crippen LogP contribution in [-0.4, -0.2) is 52.3 Å². The van der Waals surface area contributed by atoms with E-state index in [2.05, 4.69) is 23.2 Å². The van der Waals surface area contributed by atoms with E-state index in [1.807, 2.05) is 17.0 Å². The minimum absolute atomic E-state index is 0.106. The average molecular weight is 424 g/mol. The summed E-state index contributed by atoms with van der Waals surface area (Å²) < 4.78 is 13.1. The Hall–Kier alpha value is -1.45. The van der Waals surface area contributed by atoms with Gasteiger partial charge in [-0.1, -0.05) is 47.9 Å². The van der Waals surface area contributed by atoms with Crippen molar-refractivity contribution in [3.8, 4) is 11.5 Å². The van der Waals surface area contributed by atoms with E-state index in [4.69, 9.17) is 9.47 Å². The molecule has 0 saturated carbocycles. The van der Waals surface area contributed by atoms with Gasteiger partial charge in [0.2, 0.25) is 5.91 Å². The van der Waals surface area contributed by atoms with Crippen LogP contribution < -0.4 is 9.47 Å². The molecule has 9 heteroatoms. The molecule has 4 rings (SSSR count). The molecule has 2 aliphatic rings. The summed E-state index contributed by atoms with van der Waals surface area (Å²) in [4.78, 5) is 14.8. The van der Waals surface area contributed by atoms with Crippen LogP contribution >= 0.6 is 34.9 Å². The molecule has 1 unspecified atom stereocenters. The molecule has 27 heavy (non-hydrogen) atoms. The maximum absolute atomic E-state index is 12.8. The molecule has 1 saturated heterocycles. The fourth-order valence-electron chi connectivity index (χ4n) is 3.32. The van der Waals surface area contributed by atoms with Gasteiger partial charge in [-0.25, -0.2) is 0 Å². The van der Waals surface area contributed by atoms with Gasteiger partial charge in [0, 0.05) is 6.54 Å². The number of benzene rings is 1. The second-order valence-electron chi connectivity index (χ2n) is 6.20. The maximum Gasteiger partial charge on any atom is 0.233 e. The molecule has 1 aromatic heterocycles. The van der Waals surface area contributed by atoms with Crippen molar-refractivity contribution in [2.24, 2.45) is 0 Å². The number of hydrogen-bond donors (Lipinski definition) is 0. The van der Waals surface area contributed by atoms with Crippen molar-refractivity contribution < 1.29 is 14.3 Å². The number of fused-ring (bicyclic) bond motifs is 1. The summed E-state index contributed by atoms with van der Waals surface area (Å²) in [5.41, 5.74) is 1.12. The standard InChI is InChI=1S/C18H21N3O3S3/c1-2-25-17-19-20-18(27-17)26-11-16(22)21-7-3-4-13(21)12-5-6-14-15(10-12)24-9-8-23-14/h5-6,10,13H,2-4,7-9,11H2,1H3. The van der Waals surface area contributed by atoms with Crippen molar-refractivity contribution in [1.82, 2.24) is 15.1 Å². The molecule has 0 radical (unpaired) electrons. The Kier molecular flexibility index (Phi) is 6.09. The highest BCUT2D eigenvalue weighted by atomic mass is 32.2. The molecular weight excluding hydrogens is 402 g/mol. The van der Waals surface area contributed by atoms with E-state index in [9.17, 15) is 4.79 Å². The van der Waals surface area contributed by atoms with Crippen LogP contribution in [-0.2, 0) is 4.79 Å². The third kappa shape index (κ3) is 4.35. The SMILES string of the molecule is CCSc1nnc(SCC(=O)N2CCCC2c2ccc3c(c2)OCCO3)s1. The average Bonchev–Trinajstić information content (AvgIpc) is 3.36. The lowest BCUT2D eigenvalue weighted by atomic mass is 10.0. The van der Waals surface area contributed by atoms with Gasteiger partial charge in [-0.3, -0.25) is 4.79 Å². The van der Waals surface area contributed by atoms with Gasteiger partial charge in [0.15, 0.2) is 20.2 Å². The Morgan fingerprint density at radius 1 is 1.22 bits per heavy atom. The molecular formula is C18H21N3O3S3. The summed E-state index contributed by atoms with van der Waals surface area (Å²) in [6.07, 6.45) is 2.00. The number of hydrogen-bond acceptors (Lipinski definition) is 8. The fourth-order valence-corrected chi connectivity index (χ4v) is 6.13. The first-order chi connectivity index (χ1) is 13.2. The molecule has 1 amide bonds. The molecule has 1 aromatic carbocycles. The Morgan fingerprint density at radius 2 is 2.00 bits per heavy atom. The zero-order valence-electron chi connectivity index (χ0n) is 15.1. The van der Waals surface area contributed by atoms with E-state index >= 15 is 0 Å². The molecule has 2 aliphatic heterocycles. The second-order valence-corrected chi connectivity index (χ2v) is 9.91. The van der Waals surface area contributed by atoms with Crippen molar-refractivity contribution in [2.45, 2.75) is 34.5 Å². The van der Waals surface area contributed by atoms with Gasteiger partial charge in [-0.2, -0.15) is 0 Å². The highest BCUT2D eigenvalue weighted by Crippen LogP contribution is 2.38. The van der Waals surface area contributed by atoms with Gasteiger partial charge in [-0.15, -0.1) is 10.2 Å². The lowest BCUT2D eigenvalue weighted by Gasteiger charge is -2.26. The number of aromatic nitrogens is 2. The highest BCUT2D eigenvalue weighted by Gasteiger charge is 2.31. The summed E-state index contributed by atoms with van der Waals surface area (Å²) in [7, 11) is 0. The molecule has 0 aliphatic carbocycles. The lowest BCUT2D eigenvalue weighted by molar-refractivity contribution is -0.129. The van der Waals surface area contributed by atoms with Crippen LogP contribution in [0.1, 0.15) is 31.4 Å². The predicted octanol–water partition coefficient (Wildman–Crippen LogP) is 3.88. The predicted molar refractivity (Wildman–Crippen MR) is 108 cm³/mol. The van der Waals surface area contributed by atoms with Gasteiger partial charge in [-0.05, 0) is 36.3 Å². The Balaban J connectivity index is 1.40. The zero-order valence-corrected chi connectivity index (χ0v) is 17.5. The molecule has 6 nitrogen and oxygen atoms in total. The molecule has 0 bridgehead atoms. The number of carbonyl (C=O) groups is 1. The highest BCUT2D eigenvalue weighted by molar-refractivity contribution is 8.03. The Labute approximate surface area is 171 Å². The summed E-state index contributed by atoms with van der Waals surface area (Å²) in [6, 6.07) is 6.13. The second kappa shape index (κ2) is 8.70. The summed E-state index contributed by atoms with van der Waals surface area (Å²) in [5, 5.41) is 8.31. The number of carbonyl (C=O) groups excluding carboxylic acids is 1. The van der Waals surface area contributed by atoms with Gasteiger partial charge >= 0.3 is 0 Å². The summed E-state index contributed by atoms with van der Waals surface area (Å²) in [6.45, 7) is 4.04. The normalized spacial score (nSPS) is 18.7. The van der Waals surface area contributed by atoms with Crippen LogP contribution in [0.3, 0.4) is 0 Å². The quantitative estimate of drug-likeness (QED) is 0.653. The van der Waals surface area contributed by atoms with Crippen molar-refractivity contribution in [3.63, 3.8) is 0 Å². The first-order valence-corrected chi connectivity index (χ1v) is 11.8. The van der Waals surface area contributed by atoms with E-state index in [-0.39, 0.29) is 11.9 Å². The number of likely N-dealkylation sites (tertiary alicyclic amines) is 1. The minimum atomic E-state index is 0.106. The number of ether oxygens (including phenoxy) is 2. The van der Waals surface area contributed by atoms with E-state index < -0.39 is 0 Å². The first-order valence-electron chi connectivity index (χ1n) is 9.02. The molecule has 0 spiro atoms. The van der Waals surface area contributed by atoms with Crippen molar-refractivity contribution in [1.29, 1.82) is 0 Å². The monoisotopic (exact) mass is 423 g/mol. The molecule has 0 N–H and O–H groups in total. The number of nitrogens with zero attached hydrogens (tertiary/aromatic N) is 3. The Bertz CT molecular complexity index is 814. The van der Waals surface area contributed by atoms with Crippen molar-refractivity contribution in [3.05, 3.63) is 23.8 Å². The van der Waals surface area contributed by atoms with E-state index in [1.165, 1.54) is 11.8 Å². The number of rotatable bonds is 6. The molecule has 144 valence electrons. The van der Waals surface area contributed by atoms with E-state index in [0.717, 1.165) is 50.9 Å². The molecule has 1 fully saturated rings. The van der Waals surface area contributed by atoms with Crippen molar-refractivity contribution >= 4 is 40.8 Å². The van der Waals surface area contributed by atoms with Gasteiger partial charge in [0.05, 0.1) is 11.8 Å².